The summed E-state index contributed by atoms with van der Waals surface area (Å²) < 4.78 is 5.24. The van der Waals surface area contributed by atoms with Crippen molar-refractivity contribution in [2.45, 2.75) is 26.3 Å². The zero-order valence-corrected chi connectivity index (χ0v) is 14.2. The van der Waals surface area contributed by atoms with Gasteiger partial charge in [0.1, 0.15) is 5.58 Å². The molecule has 132 valence electrons. The van der Waals surface area contributed by atoms with Crippen LogP contribution in [0, 0.1) is 6.92 Å². The maximum atomic E-state index is 12.8. The number of carbonyl (C=O) groups is 1. The van der Waals surface area contributed by atoms with E-state index in [1.807, 2.05) is 19.1 Å². The summed E-state index contributed by atoms with van der Waals surface area (Å²) in [6, 6.07) is 6.95. The second kappa shape index (κ2) is 6.25. The molecule has 7 heteroatoms. The number of hydrogen-bond donors (Lipinski definition) is 1. The van der Waals surface area contributed by atoms with Gasteiger partial charge < -0.3 is 14.3 Å². The van der Waals surface area contributed by atoms with Crippen molar-refractivity contribution in [1.82, 2.24) is 14.9 Å². The number of hydrogen-bond acceptors (Lipinski definition) is 5. The first kappa shape index (κ1) is 16.3. The molecule has 3 heterocycles. The van der Waals surface area contributed by atoms with E-state index in [-0.39, 0.29) is 17.9 Å². The summed E-state index contributed by atoms with van der Waals surface area (Å²) in [5.41, 5.74) is 2.75. The molecule has 0 unspecified atom stereocenters. The van der Waals surface area contributed by atoms with Gasteiger partial charge >= 0.3 is 5.63 Å². The van der Waals surface area contributed by atoms with Crippen LogP contribution in [0.25, 0.3) is 11.0 Å². The first-order valence-corrected chi connectivity index (χ1v) is 8.38. The number of benzene rings is 1. The zero-order chi connectivity index (χ0) is 18.3. The summed E-state index contributed by atoms with van der Waals surface area (Å²) >= 11 is 0. The average molecular weight is 351 g/mol. The summed E-state index contributed by atoms with van der Waals surface area (Å²) in [5, 5.41) is 0.760. The van der Waals surface area contributed by atoms with E-state index in [0.29, 0.717) is 41.9 Å². The van der Waals surface area contributed by atoms with Crippen molar-refractivity contribution < 1.29 is 9.21 Å². The molecule has 0 saturated carbocycles. The Morgan fingerprint density at radius 3 is 3.00 bits per heavy atom. The van der Waals surface area contributed by atoms with Crippen LogP contribution in [0.2, 0.25) is 0 Å². The molecular weight excluding hydrogens is 334 g/mol. The van der Waals surface area contributed by atoms with Crippen molar-refractivity contribution in [1.29, 1.82) is 0 Å². The van der Waals surface area contributed by atoms with E-state index < -0.39 is 5.63 Å². The molecular formula is C19H17N3O4. The monoisotopic (exact) mass is 351 g/mol. The minimum absolute atomic E-state index is 0.101. The van der Waals surface area contributed by atoms with Gasteiger partial charge in [0.05, 0.1) is 25.0 Å². The highest BCUT2D eigenvalue weighted by Gasteiger charge is 2.24. The predicted octanol–water partition coefficient (Wildman–Crippen LogP) is 1.31. The molecule has 1 N–H and O–H groups in total. The Bertz CT molecular complexity index is 1130. The van der Waals surface area contributed by atoms with Crippen molar-refractivity contribution in [3.63, 3.8) is 0 Å². The van der Waals surface area contributed by atoms with E-state index in [0.717, 1.165) is 10.9 Å². The van der Waals surface area contributed by atoms with Crippen LogP contribution in [-0.2, 0) is 24.2 Å². The van der Waals surface area contributed by atoms with Gasteiger partial charge in [-0.25, -0.2) is 9.78 Å². The number of aromatic nitrogens is 2. The summed E-state index contributed by atoms with van der Waals surface area (Å²) in [6.45, 7) is 2.67. The summed E-state index contributed by atoms with van der Waals surface area (Å²) in [4.78, 5) is 44.8. The molecule has 1 aliphatic rings. The number of fused-ring (bicyclic) bond motifs is 2. The Morgan fingerprint density at radius 1 is 1.31 bits per heavy atom. The first-order chi connectivity index (χ1) is 12.5. The average Bonchev–Trinajstić information content (AvgIpc) is 2.61. The van der Waals surface area contributed by atoms with Gasteiger partial charge in [-0.15, -0.1) is 0 Å². The van der Waals surface area contributed by atoms with Gasteiger partial charge in [-0.1, -0.05) is 12.1 Å². The highest BCUT2D eigenvalue weighted by molar-refractivity contribution is 5.87. The van der Waals surface area contributed by atoms with Crippen LogP contribution in [-0.4, -0.2) is 27.3 Å². The van der Waals surface area contributed by atoms with Crippen LogP contribution in [0.1, 0.15) is 22.4 Å². The number of carbonyl (C=O) groups excluding carboxylic acids is 1. The molecule has 0 radical (unpaired) electrons. The number of aryl methyl sites for hydroxylation is 1. The Balaban J connectivity index is 1.62. The molecule has 4 rings (SSSR count). The van der Waals surface area contributed by atoms with Gasteiger partial charge in [0.15, 0.2) is 0 Å². The van der Waals surface area contributed by atoms with E-state index >= 15 is 0 Å². The highest BCUT2D eigenvalue weighted by atomic mass is 16.4. The predicted molar refractivity (Wildman–Crippen MR) is 94.9 cm³/mol. The number of aromatic amines is 1. The summed E-state index contributed by atoms with van der Waals surface area (Å²) in [6.07, 6.45) is 1.93. The standard InChI is InChI=1S/C19H17N3O4/c1-11-2-3-13-12(8-18(24)26-16(13)6-11)7-17(23)22-5-4-14-15(9-22)20-10-21-19(14)25/h2-3,6,8,10H,4-5,7,9H2,1H3,(H,20,21,25). The topological polar surface area (TPSA) is 96.3 Å². The fraction of sp³-hybridized carbons (Fsp3) is 0.263. The Kier molecular flexibility index (Phi) is 3.91. The Labute approximate surface area is 148 Å². The molecule has 1 aliphatic heterocycles. The lowest BCUT2D eigenvalue weighted by Crippen LogP contribution is -2.39. The maximum Gasteiger partial charge on any atom is 0.336 e. The minimum Gasteiger partial charge on any atom is -0.423 e. The normalized spacial score (nSPS) is 13.7. The molecule has 0 fully saturated rings. The van der Waals surface area contributed by atoms with Crippen LogP contribution in [0.3, 0.4) is 0 Å². The van der Waals surface area contributed by atoms with Crippen LogP contribution in [0.5, 0.6) is 0 Å². The van der Waals surface area contributed by atoms with Crippen molar-refractivity contribution in [2.75, 3.05) is 6.54 Å². The smallest absolute Gasteiger partial charge is 0.336 e. The van der Waals surface area contributed by atoms with Gasteiger partial charge in [0, 0.05) is 23.6 Å². The number of rotatable bonds is 2. The SMILES string of the molecule is Cc1ccc2c(CC(=O)N3CCc4c(nc[nH]c4=O)C3)cc(=O)oc2c1. The third-order valence-electron chi connectivity index (χ3n) is 4.69. The number of amides is 1. The second-order valence-corrected chi connectivity index (χ2v) is 6.49. The van der Waals surface area contributed by atoms with E-state index in [1.165, 1.54) is 12.4 Å². The van der Waals surface area contributed by atoms with Crippen LogP contribution in [0.4, 0.5) is 0 Å². The van der Waals surface area contributed by atoms with Crippen LogP contribution < -0.4 is 11.2 Å². The molecule has 1 amide bonds. The lowest BCUT2D eigenvalue weighted by molar-refractivity contribution is -0.131. The minimum atomic E-state index is -0.469. The van der Waals surface area contributed by atoms with Crippen LogP contribution >= 0.6 is 0 Å². The van der Waals surface area contributed by atoms with E-state index in [4.69, 9.17) is 4.42 Å². The lowest BCUT2D eigenvalue weighted by atomic mass is 10.0. The van der Waals surface area contributed by atoms with Crippen molar-refractivity contribution in [3.05, 3.63) is 73.8 Å². The molecule has 26 heavy (non-hydrogen) atoms. The van der Waals surface area contributed by atoms with E-state index in [1.54, 1.807) is 11.0 Å². The fourth-order valence-corrected chi connectivity index (χ4v) is 3.34. The van der Waals surface area contributed by atoms with Crippen molar-refractivity contribution >= 4 is 16.9 Å². The zero-order valence-electron chi connectivity index (χ0n) is 14.2. The lowest BCUT2D eigenvalue weighted by Gasteiger charge is -2.27. The van der Waals surface area contributed by atoms with Gasteiger partial charge in [-0.05, 0) is 30.5 Å². The van der Waals surface area contributed by atoms with Crippen LogP contribution in [0.15, 0.2) is 44.6 Å². The number of nitrogens with one attached hydrogen (secondary N) is 1. The Morgan fingerprint density at radius 2 is 2.15 bits per heavy atom. The molecule has 1 aromatic carbocycles. The largest absolute Gasteiger partial charge is 0.423 e. The molecule has 2 aromatic heterocycles. The first-order valence-electron chi connectivity index (χ1n) is 8.38. The second-order valence-electron chi connectivity index (χ2n) is 6.49. The molecule has 3 aromatic rings. The van der Waals surface area contributed by atoms with E-state index in [9.17, 15) is 14.4 Å². The summed E-state index contributed by atoms with van der Waals surface area (Å²) in [5.74, 6) is -0.106. The number of nitrogens with zero attached hydrogens (tertiary/aromatic N) is 2. The van der Waals surface area contributed by atoms with E-state index in [2.05, 4.69) is 9.97 Å². The molecule has 0 aliphatic carbocycles. The number of H-pyrrole nitrogens is 1. The third kappa shape index (κ3) is 2.92. The van der Waals surface area contributed by atoms with Crippen molar-refractivity contribution in [2.24, 2.45) is 0 Å². The maximum absolute atomic E-state index is 12.8. The third-order valence-corrected chi connectivity index (χ3v) is 4.69. The highest BCUT2D eigenvalue weighted by Crippen LogP contribution is 2.21. The molecule has 7 nitrogen and oxygen atoms in total. The van der Waals surface area contributed by atoms with Crippen molar-refractivity contribution in [3.8, 4) is 0 Å². The molecule has 0 saturated heterocycles. The van der Waals surface area contributed by atoms with Gasteiger partial charge in [0.2, 0.25) is 5.91 Å². The van der Waals surface area contributed by atoms with Gasteiger partial charge in [-0.3, -0.25) is 9.59 Å². The summed E-state index contributed by atoms with van der Waals surface area (Å²) in [7, 11) is 0. The molecule has 0 bridgehead atoms. The Hall–Kier alpha value is -3.22. The fourth-order valence-electron chi connectivity index (χ4n) is 3.34. The van der Waals surface area contributed by atoms with Gasteiger partial charge in [-0.2, -0.15) is 0 Å². The quantitative estimate of drug-likeness (QED) is 0.702. The molecule has 0 spiro atoms. The van der Waals surface area contributed by atoms with Gasteiger partial charge in [0.25, 0.3) is 5.56 Å². The molecule has 0 atom stereocenters.